The summed E-state index contributed by atoms with van der Waals surface area (Å²) in [4.78, 5) is 5.26. The zero-order valence-corrected chi connectivity index (χ0v) is 24.8. The lowest BCUT2D eigenvalue weighted by Gasteiger charge is -2.59. The zero-order chi connectivity index (χ0) is 26.7. The number of fused-ring (bicyclic) bond motifs is 4. The van der Waals surface area contributed by atoms with Crippen molar-refractivity contribution in [1.29, 1.82) is 0 Å². The first-order chi connectivity index (χ1) is 18.1. The van der Waals surface area contributed by atoms with Crippen LogP contribution < -0.4 is 4.90 Å². The Morgan fingerprint density at radius 3 is 2.39 bits per heavy atom. The SMILES string of the molecule is C[C@H](CCN1CCN(c2ccccc2)CC1)[C@H]1CC=C2C3=C(CC[C@@]21C)[C@@]1(C)CC[C@H](O)C(C)(C)[C@@H]1CC3. The third kappa shape index (κ3) is 4.22. The van der Waals surface area contributed by atoms with E-state index in [1.54, 1.807) is 16.7 Å². The molecule has 0 aromatic heterocycles. The summed E-state index contributed by atoms with van der Waals surface area (Å²) < 4.78 is 0. The standard InChI is InChI=1S/C35H52N2O/c1-25(17-20-36-21-23-37(24-22-36)26-9-7-6-8-10-26)28-12-13-29-27-11-14-31-33(2,3)32(38)16-19-35(31,5)30(27)15-18-34(28,29)4/h6-10,13,25,28,31-32,38H,11-12,14-24H2,1-5H3/t25-,28-,31+,32+,34-,35-/m1/s1. The van der Waals surface area contributed by atoms with Gasteiger partial charge in [0.1, 0.15) is 0 Å². The van der Waals surface area contributed by atoms with Gasteiger partial charge in [0.25, 0.3) is 0 Å². The van der Waals surface area contributed by atoms with Crippen molar-refractivity contribution in [3.8, 4) is 0 Å². The van der Waals surface area contributed by atoms with Gasteiger partial charge in [-0.1, -0.05) is 64.5 Å². The van der Waals surface area contributed by atoms with Gasteiger partial charge >= 0.3 is 0 Å². The van der Waals surface area contributed by atoms with Crippen molar-refractivity contribution >= 4 is 5.69 Å². The van der Waals surface area contributed by atoms with Gasteiger partial charge < -0.3 is 10.0 Å². The number of benzene rings is 1. The summed E-state index contributed by atoms with van der Waals surface area (Å²) in [6.07, 6.45) is 12.4. The Labute approximate surface area is 232 Å². The van der Waals surface area contributed by atoms with Crippen molar-refractivity contribution in [1.82, 2.24) is 4.90 Å². The molecule has 1 saturated carbocycles. The number of anilines is 1. The minimum atomic E-state index is -0.145. The third-order valence-electron chi connectivity index (χ3n) is 12.5. The van der Waals surface area contributed by atoms with Crippen molar-refractivity contribution in [2.45, 2.75) is 92.1 Å². The summed E-state index contributed by atoms with van der Waals surface area (Å²) in [7, 11) is 0. The number of aliphatic hydroxyl groups is 1. The molecule has 1 aromatic carbocycles. The van der Waals surface area contributed by atoms with E-state index < -0.39 is 0 Å². The monoisotopic (exact) mass is 516 g/mol. The van der Waals surface area contributed by atoms with E-state index in [1.807, 2.05) is 0 Å². The quantitative estimate of drug-likeness (QED) is 0.440. The Balaban J connectivity index is 1.10. The summed E-state index contributed by atoms with van der Waals surface area (Å²) in [5, 5.41) is 10.9. The van der Waals surface area contributed by atoms with Crippen LogP contribution in [0.3, 0.4) is 0 Å². The largest absolute Gasteiger partial charge is 0.393 e. The van der Waals surface area contributed by atoms with E-state index >= 15 is 0 Å². The molecule has 0 radical (unpaired) electrons. The number of hydrogen-bond donors (Lipinski definition) is 1. The number of para-hydroxylation sites is 1. The van der Waals surface area contributed by atoms with Crippen LogP contribution in [-0.4, -0.2) is 48.8 Å². The van der Waals surface area contributed by atoms with Gasteiger partial charge in [-0.25, -0.2) is 0 Å². The molecule has 38 heavy (non-hydrogen) atoms. The smallest absolute Gasteiger partial charge is 0.0594 e. The van der Waals surface area contributed by atoms with Crippen LogP contribution in [0.4, 0.5) is 5.69 Å². The molecule has 1 heterocycles. The zero-order valence-electron chi connectivity index (χ0n) is 24.8. The van der Waals surface area contributed by atoms with Crippen LogP contribution in [0, 0.1) is 34.0 Å². The molecule has 0 spiro atoms. The number of rotatable bonds is 5. The summed E-state index contributed by atoms with van der Waals surface area (Å²) in [6.45, 7) is 18.3. The maximum absolute atomic E-state index is 10.9. The molecule has 0 amide bonds. The number of piperazine rings is 1. The Kier molecular flexibility index (Phi) is 6.87. The van der Waals surface area contributed by atoms with Crippen molar-refractivity contribution in [2.24, 2.45) is 34.0 Å². The highest BCUT2D eigenvalue weighted by Crippen LogP contribution is 2.66. The molecular weight excluding hydrogens is 464 g/mol. The highest BCUT2D eigenvalue weighted by Gasteiger charge is 2.57. The Bertz CT molecular complexity index is 1080. The topological polar surface area (TPSA) is 26.7 Å². The fourth-order valence-electron chi connectivity index (χ4n) is 10.0. The minimum Gasteiger partial charge on any atom is -0.393 e. The molecule has 6 rings (SSSR count). The average molecular weight is 517 g/mol. The van der Waals surface area contributed by atoms with Gasteiger partial charge in [0.2, 0.25) is 0 Å². The first kappa shape index (κ1) is 26.6. The van der Waals surface area contributed by atoms with Crippen LogP contribution in [0.5, 0.6) is 0 Å². The predicted octanol–water partition coefficient (Wildman–Crippen LogP) is 7.48. The van der Waals surface area contributed by atoms with E-state index in [9.17, 15) is 5.11 Å². The lowest BCUT2D eigenvalue weighted by atomic mass is 9.46. The molecule has 0 unspecified atom stereocenters. The van der Waals surface area contributed by atoms with Crippen LogP contribution >= 0.6 is 0 Å². The highest BCUT2D eigenvalue weighted by molar-refractivity contribution is 5.50. The molecule has 3 nitrogen and oxygen atoms in total. The first-order valence-electron chi connectivity index (χ1n) is 15.8. The molecule has 2 fully saturated rings. The van der Waals surface area contributed by atoms with Crippen molar-refractivity contribution in [2.75, 3.05) is 37.6 Å². The van der Waals surface area contributed by atoms with Gasteiger partial charge in [-0.3, -0.25) is 4.90 Å². The van der Waals surface area contributed by atoms with E-state index in [1.165, 1.54) is 70.3 Å². The van der Waals surface area contributed by atoms with Gasteiger partial charge in [0.15, 0.2) is 0 Å². The lowest BCUT2D eigenvalue weighted by molar-refractivity contribution is -0.0905. The molecular formula is C35H52N2O. The summed E-state index contributed by atoms with van der Waals surface area (Å²) in [5.41, 5.74) is 7.34. The Morgan fingerprint density at radius 1 is 0.921 bits per heavy atom. The maximum Gasteiger partial charge on any atom is 0.0594 e. The maximum atomic E-state index is 10.9. The van der Waals surface area contributed by atoms with Crippen LogP contribution in [0.2, 0.25) is 0 Å². The predicted molar refractivity (Wildman–Crippen MR) is 159 cm³/mol. The molecule has 5 aliphatic rings. The van der Waals surface area contributed by atoms with E-state index in [0.29, 0.717) is 11.3 Å². The summed E-state index contributed by atoms with van der Waals surface area (Å²) >= 11 is 0. The van der Waals surface area contributed by atoms with Gasteiger partial charge in [-0.15, -0.1) is 0 Å². The molecule has 208 valence electrons. The molecule has 1 aromatic rings. The van der Waals surface area contributed by atoms with Crippen LogP contribution in [0.1, 0.15) is 86.0 Å². The molecule has 0 bridgehead atoms. The van der Waals surface area contributed by atoms with Crippen LogP contribution in [0.15, 0.2) is 53.1 Å². The molecule has 1 N–H and O–H groups in total. The molecule has 6 atom stereocenters. The molecule has 1 saturated heterocycles. The van der Waals surface area contributed by atoms with Gasteiger partial charge in [-0.05, 0) is 115 Å². The van der Waals surface area contributed by atoms with E-state index in [-0.39, 0.29) is 16.9 Å². The number of nitrogens with zero attached hydrogens (tertiary/aromatic N) is 2. The highest BCUT2D eigenvalue weighted by atomic mass is 16.3. The molecule has 3 heteroatoms. The number of aliphatic hydroxyl groups excluding tert-OH is 1. The minimum absolute atomic E-state index is 0.0277. The van der Waals surface area contributed by atoms with E-state index in [2.05, 4.69) is 80.8 Å². The summed E-state index contributed by atoms with van der Waals surface area (Å²) in [5.74, 6) is 2.16. The van der Waals surface area contributed by atoms with Gasteiger partial charge in [0.05, 0.1) is 6.10 Å². The Hall–Kier alpha value is -1.58. The fraction of sp³-hybridized carbons (Fsp3) is 0.714. The third-order valence-corrected chi connectivity index (χ3v) is 12.5. The van der Waals surface area contributed by atoms with E-state index in [0.717, 1.165) is 31.3 Å². The van der Waals surface area contributed by atoms with E-state index in [4.69, 9.17) is 0 Å². The van der Waals surface area contributed by atoms with Crippen molar-refractivity contribution in [3.05, 3.63) is 53.1 Å². The van der Waals surface area contributed by atoms with Crippen LogP contribution in [-0.2, 0) is 0 Å². The molecule has 4 aliphatic carbocycles. The normalized spacial score (nSPS) is 37.8. The lowest BCUT2D eigenvalue weighted by Crippen LogP contribution is -2.53. The van der Waals surface area contributed by atoms with Gasteiger partial charge in [0, 0.05) is 31.9 Å². The average Bonchev–Trinajstić information content (AvgIpc) is 3.28. The first-order valence-corrected chi connectivity index (χ1v) is 15.8. The second-order valence-corrected chi connectivity index (χ2v) is 14.6. The second kappa shape index (κ2) is 9.81. The molecule has 1 aliphatic heterocycles. The van der Waals surface area contributed by atoms with Gasteiger partial charge in [-0.2, -0.15) is 0 Å². The van der Waals surface area contributed by atoms with Crippen LogP contribution in [0.25, 0.3) is 0 Å². The van der Waals surface area contributed by atoms with Crippen molar-refractivity contribution < 1.29 is 5.11 Å². The van der Waals surface area contributed by atoms with Crippen molar-refractivity contribution in [3.63, 3.8) is 0 Å². The Morgan fingerprint density at radius 2 is 1.66 bits per heavy atom. The second-order valence-electron chi connectivity index (χ2n) is 14.6. The fourth-order valence-corrected chi connectivity index (χ4v) is 10.0. The number of hydrogen-bond acceptors (Lipinski definition) is 3. The summed E-state index contributed by atoms with van der Waals surface area (Å²) in [6, 6.07) is 10.9. The number of allylic oxidation sites excluding steroid dienone is 4.